The van der Waals surface area contributed by atoms with Crippen LogP contribution >= 0.6 is 0 Å². The molecule has 6 heteroatoms. The van der Waals surface area contributed by atoms with Gasteiger partial charge in [-0.3, -0.25) is 14.6 Å². The summed E-state index contributed by atoms with van der Waals surface area (Å²) < 4.78 is 5.48. The Kier molecular flexibility index (Phi) is 6.99. The van der Waals surface area contributed by atoms with Crippen LogP contribution in [0.2, 0.25) is 0 Å². The van der Waals surface area contributed by atoms with E-state index in [0.717, 1.165) is 48.1 Å². The van der Waals surface area contributed by atoms with Crippen molar-refractivity contribution in [3.05, 3.63) is 47.8 Å². The lowest BCUT2D eigenvalue weighted by molar-refractivity contribution is -0.126. The van der Waals surface area contributed by atoms with Crippen LogP contribution in [-0.2, 0) is 11.3 Å². The molecule has 154 valence electrons. The predicted octanol–water partition coefficient (Wildman–Crippen LogP) is 3.35. The zero-order chi connectivity index (χ0) is 20.8. The number of ketones is 1. The SMILES string of the molecule is CNC1CCC(C(=O)NCc2cc(-c3ccnc(C(C)=O)c3)ccc2OC)CC1. The van der Waals surface area contributed by atoms with Crippen LogP contribution in [0.3, 0.4) is 0 Å². The number of amides is 1. The van der Waals surface area contributed by atoms with Gasteiger partial charge in [0.25, 0.3) is 0 Å². The molecule has 1 aromatic heterocycles. The second kappa shape index (κ2) is 9.65. The molecule has 1 aliphatic carbocycles. The predicted molar refractivity (Wildman–Crippen MR) is 113 cm³/mol. The summed E-state index contributed by atoms with van der Waals surface area (Å²) in [7, 11) is 3.60. The molecule has 0 spiro atoms. The fourth-order valence-electron chi connectivity index (χ4n) is 3.87. The smallest absolute Gasteiger partial charge is 0.223 e. The summed E-state index contributed by atoms with van der Waals surface area (Å²) >= 11 is 0. The molecule has 1 fully saturated rings. The highest BCUT2D eigenvalue weighted by molar-refractivity contribution is 5.93. The van der Waals surface area contributed by atoms with Gasteiger partial charge in [-0.25, -0.2) is 0 Å². The van der Waals surface area contributed by atoms with Gasteiger partial charge in [-0.05, 0) is 68.1 Å². The van der Waals surface area contributed by atoms with Crippen LogP contribution in [0.4, 0.5) is 0 Å². The molecule has 3 rings (SSSR count). The van der Waals surface area contributed by atoms with Crippen molar-refractivity contribution in [3.8, 4) is 16.9 Å². The van der Waals surface area contributed by atoms with Gasteiger partial charge in [-0.15, -0.1) is 0 Å². The van der Waals surface area contributed by atoms with Crippen molar-refractivity contribution >= 4 is 11.7 Å². The van der Waals surface area contributed by atoms with E-state index in [-0.39, 0.29) is 17.6 Å². The number of hydrogen-bond donors (Lipinski definition) is 2. The number of pyridine rings is 1. The maximum absolute atomic E-state index is 12.6. The van der Waals surface area contributed by atoms with Gasteiger partial charge < -0.3 is 15.4 Å². The van der Waals surface area contributed by atoms with E-state index in [1.165, 1.54) is 6.92 Å². The van der Waals surface area contributed by atoms with Crippen LogP contribution in [0.1, 0.15) is 48.7 Å². The number of methoxy groups -OCH3 is 1. The van der Waals surface area contributed by atoms with Crippen LogP contribution in [-0.4, -0.2) is 36.9 Å². The first-order valence-corrected chi connectivity index (χ1v) is 10.1. The molecule has 6 nitrogen and oxygen atoms in total. The summed E-state index contributed by atoms with van der Waals surface area (Å²) in [6, 6.07) is 10.0. The van der Waals surface area contributed by atoms with Gasteiger partial charge >= 0.3 is 0 Å². The first-order valence-electron chi connectivity index (χ1n) is 10.1. The zero-order valence-corrected chi connectivity index (χ0v) is 17.3. The van der Waals surface area contributed by atoms with E-state index < -0.39 is 0 Å². The molecule has 0 saturated heterocycles. The molecule has 0 atom stereocenters. The highest BCUT2D eigenvalue weighted by Crippen LogP contribution is 2.28. The molecular weight excluding hydrogens is 366 g/mol. The summed E-state index contributed by atoms with van der Waals surface area (Å²) in [6.07, 6.45) is 5.54. The molecule has 29 heavy (non-hydrogen) atoms. The molecule has 0 unspecified atom stereocenters. The summed E-state index contributed by atoms with van der Waals surface area (Å²) in [5.41, 5.74) is 3.20. The summed E-state index contributed by atoms with van der Waals surface area (Å²) in [4.78, 5) is 28.4. The molecule has 2 aromatic rings. The largest absolute Gasteiger partial charge is 0.496 e. The van der Waals surface area contributed by atoms with Crippen molar-refractivity contribution in [2.45, 2.75) is 45.2 Å². The number of benzene rings is 1. The van der Waals surface area contributed by atoms with E-state index in [9.17, 15) is 9.59 Å². The number of aromatic nitrogens is 1. The average molecular weight is 396 g/mol. The van der Waals surface area contributed by atoms with Crippen LogP contribution < -0.4 is 15.4 Å². The maximum Gasteiger partial charge on any atom is 0.223 e. The van der Waals surface area contributed by atoms with Crippen molar-refractivity contribution in [1.82, 2.24) is 15.6 Å². The first-order chi connectivity index (χ1) is 14.0. The number of Topliss-reactive ketones (excluding diaryl/α,β-unsaturated/α-hetero) is 1. The molecule has 2 N–H and O–H groups in total. The summed E-state index contributed by atoms with van der Waals surface area (Å²) in [6.45, 7) is 1.91. The van der Waals surface area contributed by atoms with Crippen molar-refractivity contribution in [1.29, 1.82) is 0 Å². The maximum atomic E-state index is 12.6. The van der Waals surface area contributed by atoms with Gasteiger partial charge in [0, 0.05) is 37.2 Å². The Morgan fingerprint density at radius 3 is 2.48 bits per heavy atom. The Morgan fingerprint density at radius 1 is 1.10 bits per heavy atom. The molecule has 1 aliphatic rings. The van der Waals surface area contributed by atoms with Crippen LogP contribution in [0.5, 0.6) is 5.75 Å². The van der Waals surface area contributed by atoms with Gasteiger partial charge in [0.15, 0.2) is 5.78 Å². The van der Waals surface area contributed by atoms with Crippen molar-refractivity contribution in [2.24, 2.45) is 5.92 Å². The Bertz CT molecular complexity index is 873. The minimum atomic E-state index is -0.0687. The molecule has 1 heterocycles. The highest BCUT2D eigenvalue weighted by atomic mass is 16.5. The minimum absolute atomic E-state index is 0.0687. The van der Waals surface area contributed by atoms with Crippen molar-refractivity contribution < 1.29 is 14.3 Å². The Morgan fingerprint density at radius 2 is 1.83 bits per heavy atom. The van der Waals surface area contributed by atoms with E-state index in [4.69, 9.17) is 4.74 Å². The Hall–Kier alpha value is -2.73. The summed E-state index contributed by atoms with van der Waals surface area (Å²) in [5, 5.41) is 6.37. The lowest BCUT2D eigenvalue weighted by Gasteiger charge is -2.27. The van der Waals surface area contributed by atoms with E-state index in [0.29, 0.717) is 18.3 Å². The average Bonchev–Trinajstić information content (AvgIpc) is 2.77. The van der Waals surface area contributed by atoms with Crippen molar-refractivity contribution in [2.75, 3.05) is 14.2 Å². The Balaban J connectivity index is 1.72. The topological polar surface area (TPSA) is 80.3 Å². The third kappa shape index (κ3) is 5.21. The van der Waals surface area contributed by atoms with E-state index in [1.54, 1.807) is 19.4 Å². The third-order valence-corrected chi connectivity index (χ3v) is 5.69. The molecule has 0 aliphatic heterocycles. The second-order valence-corrected chi connectivity index (χ2v) is 7.57. The molecular formula is C23H29N3O3. The second-order valence-electron chi connectivity index (χ2n) is 7.57. The monoisotopic (exact) mass is 395 g/mol. The quantitative estimate of drug-likeness (QED) is 0.703. The fourth-order valence-corrected chi connectivity index (χ4v) is 3.87. The number of nitrogens with one attached hydrogen (secondary N) is 2. The molecule has 0 radical (unpaired) electrons. The molecule has 1 amide bonds. The zero-order valence-electron chi connectivity index (χ0n) is 17.3. The third-order valence-electron chi connectivity index (χ3n) is 5.69. The van der Waals surface area contributed by atoms with E-state index >= 15 is 0 Å². The number of carbonyl (C=O) groups excluding carboxylic acids is 2. The van der Waals surface area contributed by atoms with Gasteiger partial charge in [-0.2, -0.15) is 0 Å². The van der Waals surface area contributed by atoms with E-state index in [1.807, 2.05) is 31.3 Å². The van der Waals surface area contributed by atoms with Crippen LogP contribution in [0, 0.1) is 5.92 Å². The normalized spacial score (nSPS) is 18.9. The number of carbonyl (C=O) groups is 2. The highest BCUT2D eigenvalue weighted by Gasteiger charge is 2.25. The Labute approximate surface area is 172 Å². The van der Waals surface area contributed by atoms with E-state index in [2.05, 4.69) is 15.6 Å². The van der Waals surface area contributed by atoms with Crippen LogP contribution in [0.15, 0.2) is 36.5 Å². The summed E-state index contributed by atoms with van der Waals surface area (Å²) in [5.74, 6) is 0.844. The number of nitrogens with zero attached hydrogens (tertiary/aromatic N) is 1. The standard InChI is InChI=1S/C23H29N3O3/c1-15(27)21-13-18(10-11-25-21)17-6-9-22(29-3)19(12-17)14-26-23(28)16-4-7-20(24-2)8-5-16/h6,9-13,16,20,24H,4-5,7-8,14H2,1-3H3,(H,26,28). The van der Waals surface area contributed by atoms with Gasteiger partial charge in [0.1, 0.15) is 11.4 Å². The van der Waals surface area contributed by atoms with Gasteiger partial charge in [0.2, 0.25) is 5.91 Å². The van der Waals surface area contributed by atoms with Gasteiger partial charge in [0.05, 0.1) is 7.11 Å². The first kappa shape index (κ1) is 21.0. The lowest BCUT2D eigenvalue weighted by Crippen LogP contribution is -2.37. The minimum Gasteiger partial charge on any atom is -0.496 e. The number of hydrogen-bond acceptors (Lipinski definition) is 5. The number of ether oxygens (including phenoxy) is 1. The fraction of sp³-hybridized carbons (Fsp3) is 0.435. The lowest BCUT2D eigenvalue weighted by atomic mass is 9.85. The molecule has 1 aromatic carbocycles. The molecule has 1 saturated carbocycles. The van der Waals surface area contributed by atoms with Gasteiger partial charge in [-0.1, -0.05) is 6.07 Å². The van der Waals surface area contributed by atoms with Crippen molar-refractivity contribution in [3.63, 3.8) is 0 Å². The molecule has 0 bridgehead atoms. The van der Waals surface area contributed by atoms with Crippen LogP contribution in [0.25, 0.3) is 11.1 Å². The number of rotatable bonds is 7.